The molecule has 3 N–H and O–H groups in total. The topological polar surface area (TPSA) is 84.7 Å². The first-order chi connectivity index (χ1) is 10.5. The highest BCUT2D eigenvalue weighted by Gasteiger charge is 2.26. The molecule has 0 radical (unpaired) electrons. The van der Waals surface area contributed by atoms with Crippen molar-refractivity contribution in [3.05, 3.63) is 29.8 Å². The minimum atomic E-state index is -0.339. The van der Waals surface area contributed by atoms with Gasteiger partial charge in [-0.3, -0.25) is 4.79 Å². The lowest BCUT2D eigenvalue weighted by Gasteiger charge is -2.31. The van der Waals surface area contributed by atoms with Crippen LogP contribution in [0.3, 0.4) is 0 Å². The number of hydrogen-bond acceptors (Lipinski definition) is 3. The summed E-state index contributed by atoms with van der Waals surface area (Å²) < 4.78 is 5.28. The second-order valence-corrected chi connectivity index (χ2v) is 5.62. The molecule has 1 fully saturated rings. The van der Waals surface area contributed by atoms with Crippen LogP contribution >= 0.6 is 0 Å². The number of carbonyl (C=O) groups excluding carboxylic acids is 2. The van der Waals surface area contributed by atoms with Crippen LogP contribution in [0.2, 0.25) is 0 Å². The molecule has 6 nitrogen and oxygen atoms in total. The molecule has 1 saturated heterocycles. The molecule has 2 unspecified atom stereocenters. The van der Waals surface area contributed by atoms with E-state index in [-0.39, 0.29) is 24.0 Å². The summed E-state index contributed by atoms with van der Waals surface area (Å²) in [5.74, 6) is -0.590. The summed E-state index contributed by atoms with van der Waals surface area (Å²) >= 11 is 0. The van der Waals surface area contributed by atoms with Gasteiger partial charge in [-0.2, -0.15) is 0 Å². The van der Waals surface area contributed by atoms with Crippen LogP contribution in [0.15, 0.2) is 24.3 Å². The first-order valence-corrected chi connectivity index (χ1v) is 7.49. The monoisotopic (exact) mass is 305 g/mol. The van der Waals surface area contributed by atoms with Crippen LogP contribution in [-0.4, -0.2) is 37.0 Å². The van der Waals surface area contributed by atoms with Crippen molar-refractivity contribution in [3.63, 3.8) is 0 Å². The number of rotatable bonds is 4. The van der Waals surface area contributed by atoms with Crippen LogP contribution in [0.25, 0.3) is 0 Å². The Labute approximate surface area is 130 Å². The molecule has 3 amide bonds. The van der Waals surface area contributed by atoms with E-state index in [1.807, 2.05) is 31.2 Å². The van der Waals surface area contributed by atoms with Gasteiger partial charge >= 0.3 is 6.03 Å². The number of primary amides is 1. The largest absolute Gasteiger partial charge is 0.377 e. The van der Waals surface area contributed by atoms with Gasteiger partial charge in [0.05, 0.1) is 12.0 Å². The van der Waals surface area contributed by atoms with E-state index in [1.54, 1.807) is 12.0 Å². The summed E-state index contributed by atoms with van der Waals surface area (Å²) in [6.07, 6.45) is 1.51. The lowest BCUT2D eigenvalue weighted by Crippen LogP contribution is -2.45. The number of hydrogen-bond donors (Lipinski definition) is 2. The predicted molar refractivity (Wildman–Crippen MR) is 84.4 cm³/mol. The Hall–Kier alpha value is -2.08. The van der Waals surface area contributed by atoms with Gasteiger partial charge in [0.2, 0.25) is 5.91 Å². The summed E-state index contributed by atoms with van der Waals surface area (Å²) in [6, 6.07) is 7.35. The molecule has 2 atom stereocenters. The van der Waals surface area contributed by atoms with Gasteiger partial charge in [-0.1, -0.05) is 12.1 Å². The molecule has 1 aromatic rings. The van der Waals surface area contributed by atoms with Crippen LogP contribution in [0.4, 0.5) is 10.5 Å². The van der Waals surface area contributed by atoms with E-state index in [9.17, 15) is 9.59 Å². The minimum Gasteiger partial charge on any atom is -0.377 e. The average Bonchev–Trinajstić information content (AvgIpc) is 2.54. The van der Waals surface area contributed by atoms with E-state index in [0.29, 0.717) is 18.8 Å². The molecule has 120 valence electrons. The standard InChI is InChI=1S/C16H23N3O3/c1-11(22-2)12-5-3-7-14(9-12)18-16(21)19-8-4-6-13(10-19)15(17)20/h3,5,7,9,11,13H,4,6,8,10H2,1-2H3,(H2,17,20)(H,18,21). The van der Waals surface area contributed by atoms with Crippen molar-refractivity contribution >= 4 is 17.6 Å². The third-order valence-corrected chi connectivity index (χ3v) is 4.07. The Morgan fingerprint density at radius 2 is 2.23 bits per heavy atom. The summed E-state index contributed by atoms with van der Waals surface area (Å²) in [7, 11) is 1.65. The normalized spacial score (nSPS) is 19.5. The zero-order valence-corrected chi connectivity index (χ0v) is 13.0. The van der Waals surface area contributed by atoms with Crippen LogP contribution in [0, 0.1) is 5.92 Å². The Balaban J connectivity index is 2.01. The van der Waals surface area contributed by atoms with E-state index < -0.39 is 0 Å². The third-order valence-electron chi connectivity index (χ3n) is 4.07. The van der Waals surface area contributed by atoms with Crippen molar-refractivity contribution in [1.82, 2.24) is 4.90 Å². The lowest BCUT2D eigenvalue weighted by molar-refractivity contribution is -0.123. The lowest BCUT2D eigenvalue weighted by atomic mass is 9.98. The van der Waals surface area contributed by atoms with Crippen molar-refractivity contribution in [3.8, 4) is 0 Å². The molecule has 22 heavy (non-hydrogen) atoms. The maximum Gasteiger partial charge on any atom is 0.321 e. The third kappa shape index (κ3) is 3.98. The van der Waals surface area contributed by atoms with E-state index in [1.165, 1.54) is 0 Å². The summed E-state index contributed by atoms with van der Waals surface area (Å²) in [6.45, 7) is 2.97. The number of nitrogens with zero attached hydrogens (tertiary/aromatic N) is 1. The van der Waals surface area contributed by atoms with Crippen molar-refractivity contribution < 1.29 is 14.3 Å². The van der Waals surface area contributed by atoms with Gasteiger partial charge in [0.1, 0.15) is 0 Å². The molecule has 0 bridgehead atoms. The summed E-state index contributed by atoms with van der Waals surface area (Å²) in [5.41, 5.74) is 7.05. The molecule has 1 aliphatic rings. The predicted octanol–water partition coefficient (Wildman–Crippen LogP) is 2.12. The summed E-state index contributed by atoms with van der Waals surface area (Å²) in [5, 5.41) is 2.87. The Kier molecular flexibility index (Phi) is 5.38. The van der Waals surface area contributed by atoms with Crippen molar-refractivity contribution in [1.29, 1.82) is 0 Å². The van der Waals surface area contributed by atoms with Gasteiger partial charge in [0.25, 0.3) is 0 Å². The second-order valence-electron chi connectivity index (χ2n) is 5.62. The second kappa shape index (κ2) is 7.26. The molecular formula is C16H23N3O3. The number of methoxy groups -OCH3 is 1. The molecule has 1 aromatic carbocycles. The fourth-order valence-corrected chi connectivity index (χ4v) is 2.60. The van der Waals surface area contributed by atoms with E-state index in [2.05, 4.69) is 5.32 Å². The number of urea groups is 1. The highest BCUT2D eigenvalue weighted by Crippen LogP contribution is 2.21. The average molecular weight is 305 g/mol. The first-order valence-electron chi connectivity index (χ1n) is 7.49. The van der Waals surface area contributed by atoms with E-state index in [4.69, 9.17) is 10.5 Å². The Morgan fingerprint density at radius 3 is 2.91 bits per heavy atom. The number of nitrogens with one attached hydrogen (secondary N) is 1. The maximum absolute atomic E-state index is 12.3. The van der Waals surface area contributed by atoms with Crippen LogP contribution < -0.4 is 11.1 Å². The maximum atomic E-state index is 12.3. The van der Waals surface area contributed by atoms with Crippen LogP contribution in [0.1, 0.15) is 31.4 Å². The first kappa shape index (κ1) is 16.3. The zero-order valence-electron chi connectivity index (χ0n) is 13.0. The van der Waals surface area contributed by atoms with E-state index in [0.717, 1.165) is 18.4 Å². The number of amides is 3. The number of anilines is 1. The highest BCUT2D eigenvalue weighted by molar-refractivity contribution is 5.90. The van der Waals surface area contributed by atoms with Gasteiger partial charge in [-0.25, -0.2) is 4.79 Å². The molecule has 2 rings (SSSR count). The zero-order chi connectivity index (χ0) is 16.1. The van der Waals surface area contributed by atoms with Crippen molar-refractivity contribution in [2.75, 3.05) is 25.5 Å². The number of carbonyl (C=O) groups is 2. The minimum absolute atomic E-state index is 0.0360. The molecule has 0 aliphatic carbocycles. The van der Waals surface area contributed by atoms with Gasteiger partial charge in [-0.05, 0) is 37.5 Å². The number of nitrogens with two attached hydrogens (primary N) is 1. The molecule has 0 saturated carbocycles. The molecular weight excluding hydrogens is 282 g/mol. The highest BCUT2D eigenvalue weighted by atomic mass is 16.5. The van der Waals surface area contributed by atoms with Gasteiger partial charge < -0.3 is 20.7 Å². The molecule has 0 spiro atoms. The fraction of sp³-hybridized carbons (Fsp3) is 0.500. The molecule has 6 heteroatoms. The van der Waals surface area contributed by atoms with Gasteiger partial charge in [0, 0.05) is 25.9 Å². The van der Waals surface area contributed by atoms with Crippen LogP contribution in [-0.2, 0) is 9.53 Å². The molecule has 1 aliphatic heterocycles. The Morgan fingerprint density at radius 1 is 1.45 bits per heavy atom. The van der Waals surface area contributed by atoms with E-state index >= 15 is 0 Å². The fourth-order valence-electron chi connectivity index (χ4n) is 2.60. The van der Waals surface area contributed by atoms with Gasteiger partial charge in [-0.15, -0.1) is 0 Å². The van der Waals surface area contributed by atoms with Crippen molar-refractivity contribution in [2.24, 2.45) is 11.7 Å². The SMILES string of the molecule is COC(C)c1cccc(NC(=O)N2CCCC(C(N)=O)C2)c1. The summed E-state index contributed by atoms with van der Waals surface area (Å²) in [4.78, 5) is 25.2. The number of ether oxygens (including phenoxy) is 1. The number of benzene rings is 1. The quantitative estimate of drug-likeness (QED) is 0.893. The Bertz CT molecular complexity index is 547. The molecule has 0 aromatic heterocycles. The van der Waals surface area contributed by atoms with Crippen molar-refractivity contribution in [2.45, 2.75) is 25.9 Å². The number of likely N-dealkylation sites (tertiary alicyclic amines) is 1. The van der Waals surface area contributed by atoms with Gasteiger partial charge in [0.15, 0.2) is 0 Å². The molecule has 1 heterocycles. The number of piperidine rings is 1. The van der Waals surface area contributed by atoms with Crippen LogP contribution in [0.5, 0.6) is 0 Å². The smallest absolute Gasteiger partial charge is 0.321 e.